The lowest BCUT2D eigenvalue weighted by Gasteiger charge is -2.14. The number of aryl methyl sites for hydroxylation is 2. The Kier molecular flexibility index (Phi) is 12.8. The van der Waals surface area contributed by atoms with Crippen molar-refractivity contribution in [2.24, 2.45) is 22.4 Å². The summed E-state index contributed by atoms with van der Waals surface area (Å²) in [6, 6.07) is 6.46. The number of halogens is 1. The van der Waals surface area contributed by atoms with Crippen LogP contribution in [-0.4, -0.2) is 47.6 Å². The van der Waals surface area contributed by atoms with Crippen molar-refractivity contribution in [3.8, 4) is 0 Å². The molecule has 0 fully saturated rings. The van der Waals surface area contributed by atoms with E-state index in [1.807, 2.05) is 35.9 Å². The lowest BCUT2D eigenvalue weighted by Crippen LogP contribution is -2.32. The van der Waals surface area contributed by atoms with Crippen LogP contribution in [0.3, 0.4) is 0 Å². The summed E-state index contributed by atoms with van der Waals surface area (Å²) in [5, 5.41) is 17.2. The van der Waals surface area contributed by atoms with E-state index in [4.69, 9.17) is 5.84 Å². The molecule has 1 aliphatic heterocycles. The number of anilines is 1. The quantitative estimate of drug-likeness (QED) is 0.147. The van der Waals surface area contributed by atoms with Gasteiger partial charge >= 0.3 is 0 Å². The summed E-state index contributed by atoms with van der Waals surface area (Å²) in [5.41, 5.74) is 6.59. The maximum Gasteiger partial charge on any atom is 0.260 e. The van der Waals surface area contributed by atoms with Gasteiger partial charge in [0.25, 0.3) is 11.8 Å². The van der Waals surface area contributed by atoms with E-state index in [1.165, 1.54) is 48.0 Å². The third-order valence-electron chi connectivity index (χ3n) is 8.03. The molecule has 0 saturated heterocycles. The predicted molar refractivity (Wildman–Crippen MR) is 188 cm³/mol. The fraction of sp³-hybridized carbons (Fsp3) is 0.441. The summed E-state index contributed by atoms with van der Waals surface area (Å²) >= 11 is 1.48. The van der Waals surface area contributed by atoms with Gasteiger partial charge in [0, 0.05) is 36.8 Å². The van der Waals surface area contributed by atoms with Crippen molar-refractivity contribution in [3.63, 3.8) is 0 Å². The van der Waals surface area contributed by atoms with Crippen LogP contribution >= 0.6 is 11.9 Å². The highest BCUT2D eigenvalue weighted by Crippen LogP contribution is 2.32. The molecule has 3 aliphatic rings. The number of nitrogens with zero attached hydrogens (tertiary/aromatic N) is 7. The number of hydrogen-bond donors (Lipinski definition) is 3. The number of nitrogens with two attached hydrogens (primary N) is 1. The second-order valence-electron chi connectivity index (χ2n) is 11.4. The third-order valence-corrected chi connectivity index (χ3v) is 8.77. The van der Waals surface area contributed by atoms with Crippen LogP contribution in [0.2, 0.25) is 0 Å². The number of carbonyl (C=O) groups excluding carboxylic acids is 2. The first kappa shape index (κ1) is 36.2. The lowest BCUT2D eigenvalue weighted by molar-refractivity contribution is 0.0976. The molecule has 2 amide bonds. The standard InChI is InChI=1S/C16H18FN5O.C13H13N5OS.C3H8.C2H6/c1-9-5-6-13-10(9)8-11(15(21-18)22(13)2)16(23)20-14-12(17)4-3-7-19-14;19-13(15-11-4-5-20-17-11)9-6-8-2-1-3-10(8)18-7-14-16-12(9)18;1-3-2;1-2/h3-4,7-9H,5-6,18H2,1-2H3,(H,19,20,23);6-7H,1-5H2,(H,15,17,19);3H2,1-2H3;1-2H3/b21-15-;;;. The van der Waals surface area contributed by atoms with Crippen LogP contribution in [-0.2, 0) is 26.3 Å². The Hall–Kier alpha value is -4.59. The predicted octanol–water partition coefficient (Wildman–Crippen LogP) is 5.48. The highest BCUT2D eigenvalue weighted by Gasteiger charge is 2.25. The summed E-state index contributed by atoms with van der Waals surface area (Å²) < 4.78 is 21.7. The Morgan fingerprint density at radius 2 is 1.83 bits per heavy atom. The summed E-state index contributed by atoms with van der Waals surface area (Å²) in [4.78, 5) is 28.8. The van der Waals surface area contributed by atoms with Gasteiger partial charge in [-0.2, -0.15) is 5.10 Å². The van der Waals surface area contributed by atoms with Gasteiger partial charge in [-0.15, -0.1) is 10.2 Å². The van der Waals surface area contributed by atoms with Crippen LogP contribution in [0.1, 0.15) is 109 Å². The van der Waals surface area contributed by atoms with Gasteiger partial charge in [-0.05, 0) is 85.4 Å². The van der Waals surface area contributed by atoms with Gasteiger partial charge in [0.2, 0.25) is 0 Å². The van der Waals surface area contributed by atoms with E-state index in [0.717, 1.165) is 61.4 Å². The number of amides is 2. The van der Waals surface area contributed by atoms with Crippen molar-refractivity contribution < 1.29 is 14.0 Å². The van der Waals surface area contributed by atoms with E-state index in [9.17, 15) is 14.0 Å². The van der Waals surface area contributed by atoms with Crippen LogP contribution in [0.25, 0.3) is 5.65 Å². The van der Waals surface area contributed by atoms with E-state index in [2.05, 4.69) is 56.1 Å². The van der Waals surface area contributed by atoms with Crippen molar-refractivity contribution in [2.45, 2.75) is 85.5 Å². The molecule has 0 bridgehead atoms. The van der Waals surface area contributed by atoms with E-state index in [1.54, 1.807) is 12.4 Å². The van der Waals surface area contributed by atoms with Gasteiger partial charge in [-0.25, -0.2) is 13.8 Å². The second kappa shape index (κ2) is 17.0. The molecule has 14 heteroatoms. The molecule has 2 aliphatic carbocycles. The van der Waals surface area contributed by atoms with Crippen molar-refractivity contribution in [1.29, 1.82) is 0 Å². The average Bonchev–Trinajstić information content (AvgIpc) is 3.91. The fourth-order valence-corrected chi connectivity index (χ4v) is 6.50. The van der Waals surface area contributed by atoms with E-state index < -0.39 is 11.7 Å². The summed E-state index contributed by atoms with van der Waals surface area (Å²) in [7, 11) is 1.83. The van der Waals surface area contributed by atoms with Crippen LogP contribution < -0.4 is 22.0 Å². The Labute approximate surface area is 284 Å². The number of rotatable bonds is 3. The molecule has 256 valence electrons. The van der Waals surface area contributed by atoms with Gasteiger partial charge < -0.3 is 21.0 Å². The first-order valence-corrected chi connectivity index (χ1v) is 17.4. The van der Waals surface area contributed by atoms with Crippen LogP contribution in [0.5, 0.6) is 0 Å². The molecule has 0 spiro atoms. The molecule has 7 rings (SSSR count). The minimum atomic E-state index is -0.592. The number of aromatic nitrogens is 5. The highest BCUT2D eigenvalue weighted by atomic mass is 32.2. The number of amidine groups is 1. The van der Waals surface area contributed by atoms with E-state index in [0.29, 0.717) is 28.2 Å². The Morgan fingerprint density at radius 1 is 1.08 bits per heavy atom. The second-order valence-corrected chi connectivity index (χ2v) is 12.2. The SMILES string of the molecule is CC.CC1CCc2c1cc(C(=O)Nc1ncccc1F)/c(=N/N)n2C.CCC.O=C(NC1=NSCC1)c1cc2c(n3cnnc13)CCC2. The fourth-order valence-electron chi connectivity index (χ4n) is 5.83. The molecule has 5 heterocycles. The van der Waals surface area contributed by atoms with Crippen molar-refractivity contribution in [2.75, 3.05) is 11.1 Å². The molecule has 48 heavy (non-hydrogen) atoms. The zero-order valence-electron chi connectivity index (χ0n) is 28.5. The van der Waals surface area contributed by atoms with Crippen molar-refractivity contribution >= 4 is 41.1 Å². The zero-order chi connectivity index (χ0) is 34.8. The summed E-state index contributed by atoms with van der Waals surface area (Å²) in [6.07, 6.45) is 10.3. The van der Waals surface area contributed by atoms with Crippen LogP contribution in [0.15, 0.2) is 46.3 Å². The van der Waals surface area contributed by atoms with Gasteiger partial charge in [0.05, 0.1) is 11.1 Å². The number of hydrogen-bond acceptors (Lipinski definition) is 9. The van der Waals surface area contributed by atoms with E-state index in [-0.39, 0.29) is 11.7 Å². The number of carbonyl (C=O) groups is 2. The zero-order valence-corrected chi connectivity index (χ0v) is 29.3. The maximum absolute atomic E-state index is 13.7. The first-order chi connectivity index (χ1) is 23.3. The molecule has 1 unspecified atom stereocenters. The van der Waals surface area contributed by atoms with Crippen molar-refractivity contribution in [3.05, 3.63) is 81.7 Å². The largest absolute Gasteiger partial charge is 0.331 e. The van der Waals surface area contributed by atoms with Crippen LogP contribution in [0, 0.1) is 5.82 Å². The minimum absolute atomic E-state index is 0.114. The Morgan fingerprint density at radius 3 is 2.52 bits per heavy atom. The first-order valence-electron chi connectivity index (χ1n) is 16.5. The average molecular weight is 677 g/mol. The van der Waals surface area contributed by atoms with Gasteiger partial charge in [-0.3, -0.25) is 14.0 Å². The van der Waals surface area contributed by atoms with Crippen molar-refractivity contribution in [1.82, 2.24) is 29.5 Å². The molecule has 0 radical (unpaired) electrons. The topological polar surface area (TPSA) is 157 Å². The molecular weight excluding hydrogens is 632 g/mol. The number of fused-ring (bicyclic) bond motifs is 4. The molecule has 4 aromatic rings. The van der Waals surface area contributed by atoms with Gasteiger partial charge in [0.1, 0.15) is 12.2 Å². The third kappa shape index (κ3) is 7.92. The maximum atomic E-state index is 13.7. The molecule has 0 saturated carbocycles. The highest BCUT2D eigenvalue weighted by molar-refractivity contribution is 7.98. The van der Waals surface area contributed by atoms with Gasteiger partial charge in [-0.1, -0.05) is 41.0 Å². The molecule has 4 N–H and O–H groups in total. The van der Waals surface area contributed by atoms with E-state index >= 15 is 0 Å². The molecule has 4 aromatic heterocycles. The number of pyridine rings is 3. The van der Waals surface area contributed by atoms with Crippen LogP contribution in [0.4, 0.5) is 10.2 Å². The molecule has 1 atom stereocenters. The minimum Gasteiger partial charge on any atom is -0.331 e. The molecule has 0 aromatic carbocycles. The summed E-state index contributed by atoms with van der Waals surface area (Å²) in [6.45, 7) is 10.4. The smallest absolute Gasteiger partial charge is 0.260 e. The lowest BCUT2D eigenvalue weighted by atomic mass is 10.0. The molecule has 12 nitrogen and oxygen atoms in total. The Balaban J connectivity index is 0.000000193. The normalized spacial score (nSPS) is 15.9. The molecular formula is C34H45FN10O2S. The van der Waals surface area contributed by atoms with Gasteiger partial charge in [0.15, 0.2) is 22.8 Å². The summed E-state index contributed by atoms with van der Waals surface area (Å²) in [5.74, 6) is 6.19. The monoisotopic (exact) mass is 676 g/mol. The Bertz CT molecular complexity index is 1870. The number of nitrogens with one attached hydrogen (secondary N) is 2.